The first kappa shape index (κ1) is 22.7. The molecule has 0 spiro atoms. The lowest BCUT2D eigenvalue weighted by molar-refractivity contribution is -0.189. The highest BCUT2D eigenvalue weighted by Gasteiger charge is 2.41. The standard InChI is InChI=1S/C21H29BrF3NO3/c1-12(21(23,24)25)28-19-17(27-5)10-15-14(18(19)22)8-9-26-11-13(6-7-16(15)26)29-20(2,3)4/h10,12-13,16H,6-9,11H2,1-5H3. The quantitative estimate of drug-likeness (QED) is 0.556. The van der Waals surface area contributed by atoms with Gasteiger partial charge in [-0.25, -0.2) is 0 Å². The summed E-state index contributed by atoms with van der Waals surface area (Å²) in [5, 5.41) is 0. The second-order valence-corrected chi connectivity index (χ2v) is 9.57. The predicted octanol–water partition coefficient (Wildman–Crippen LogP) is 5.66. The van der Waals surface area contributed by atoms with Crippen molar-refractivity contribution in [2.45, 2.75) is 77.0 Å². The van der Waals surface area contributed by atoms with Crippen LogP contribution in [0, 0.1) is 0 Å². The van der Waals surface area contributed by atoms with Crippen LogP contribution in [0.4, 0.5) is 13.2 Å². The number of hydrogen-bond acceptors (Lipinski definition) is 4. The van der Waals surface area contributed by atoms with Crippen molar-refractivity contribution in [3.8, 4) is 11.5 Å². The number of hydrogen-bond donors (Lipinski definition) is 0. The summed E-state index contributed by atoms with van der Waals surface area (Å²) in [6, 6.07) is 2.05. The normalized spacial score (nSPS) is 23.9. The second-order valence-electron chi connectivity index (χ2n) is 8.78. The average Bonchev–Trinajstić information content (AvgIpc) is 2.60. The summed E-state index contributed by atoms with van der Waals surface area (Å²) in [6.07, 6.45) is -3.56. The van der Waals surface area contributed by atoms with Crippen LogP contribution in [-0.4, -0.2) is 49.1 Å². The third kappa shape index (κ3) is 5.02. The Bertz CT molecular complexity index is 748. The van der Waals surface area contributed by atoms with Gasteiger partial charge in [0.1, 0.15) is 0 Å². The molecular formula is C21H29BrF3NO3. The highest BCUT2D eigenvalue weighted by Crippen LogP contribution is 2.48. The summed E-state index contributed by atoms with van der Waals surface area (Å²) >= 11 is 3.51. The van der Waals surface area contributed by atoms with E-state index >= 15 is 0 Å². The summed E-state index contributed by atoms with van der Waals surface area (Å²) in [4.78, 5) is 2.41. The van der Waals surface area contributed by atoms with Crippen LogP contribution in [0.25, 0.3) is 0 Å². The molecule has 164 valence electrons. The number of piperidine rings is 1. The topological polar surface area (TPSA) is 30.9 Å². The fraction of sp³-hybridized carbons (Fsp3) is 0.714. The van der Waals surface area contributed by atoms with Crippen molar-refractivity contribution in [3.05, 3.63) is 21.7 Å². The molecule has 3 rings (SSSR count). The van der Waals surface area contributed by atoms with Crippen molar-refractivity contribution in [2.24, 2.45) is 0 Å². The van der Waals surface area contributed by atoms with Gasteiger partial charge in [-0.15, -0.1) is 0 Å². The fourth-order valence-electron chi connectivity index (χ4n) is 4.18. The van der Waals surface area contributed by atoms with Crippen LogP contribution in [0.3, 0.4) is 0 Å². The Balaban J connectivity index is 1.87. The minimum Gasteiger partial charge on any atom is -0.493 e. The molecule has 2 heterocycles. The molecule has 8 heteroatoms. The molecule has 2 aliphatic rings. The number of halogens is 4. The molecule has 0 radical (unpaired) electrons. The van der Waals surface area contributed by atoms with Crippen LogP contribution in [0.2, 0.25) is 0 Å². The highest BCUT2D eigenvalue weighted by molar-refractivity contribution is 9.10. The van der Waals surface area contributed by atoms with E-state index in [4.69, 9.17) is 14.2 Å². The summed E-state index contributed by atoms with van der Waals surface area (Å²) in [6.45, 7) is 8.89. The Morgan fingerprint density at radius 2 is 1.90 bits per heavy atom. The first-order valence-electron chi connectivity index (χ1n) is 9.95. The Morgan fingerprint density at radius 1 is 1.21 bits per heavy atom. The molecule has 3 atom stereocenters. The van der Waals surface area contributed by atoms with Crippen LogP contribution < -0.4 is 9.47 Å². The van der Waals surface area contributed by atoms with Crippen LogP contribution in [-0.2, 0) is 11.2 Å². The zero-order valence-electron chi connectivity index (χ0n) is 17.5. The first-order valence-corrected chi connectivity index (χ1v) is 10.7. The molecule has 1 saturated heterocycles. The molecule has 1 fully saturated rings. The van der Waals surface area contributed by atoms with Gasteiger partial charge in [0.25, 0.3) is 0 Å². The number of rotatable bonds is 4. The van der Waals surface area contributed by atoms with Crippen molar-refractivity contribution in [2.75, 3.05) is 20.2 Å². The number of benzene rings is 1. The zero-order chi connectivity index (χ0) is 21.6. The van der Waals surface area contributed by atoms with Crippen LogP contribution >= 0.6 is 15.9 Å². The van der Waals surface area contributed by atoms with Crippen molar-refractivity contribution in [1.82, 2.24) is 4.90 Å². The molecule has 0 aliphatic carbocycles. The van der Waals surface area contributed by atoms with Crippen molar-refractivity contribution >= 4 is 15.9 Å². The maximum Gasteiger partial charge on any atom is 0.425 e. The lowest BCUT2D eigenvalue weighted by Crippen LogP contribution is -2.47. The van der Waals surface area contributed by atoms with E-state index in [2.05, 4.69) is 41.6 Å². The Hall–Kier alpha value is -0.990. The van der Waals surface area contributed by atoms with E-state index in [0.29, 0.717) is 10.2 Å². The summed E-state index contributed by atoms with van der Waals surface area (Å²) < 4.78 is 56.5. The zero-order valence-corrected chi connectivity index (χ0v) is 19.1. The Kier molecular flexibility index (Phi) is 6.47. The van der Waals surface area contributed by atoms with Gasteiger partial charge in [-0.05, 0) is 80.1 Å². The van der Waals surface area contributed by atoms with E-state index in [1.54, 1.807) is 0 Å². The van der Waals surface area contributed by atoms with Crippen LogP contribution in [0.5, 0.6) is 11.5 Å². The summed E-state index contributed by atoms with van der Waals surface area (Å²) in [5.74, 6) is 0.441. The molecule has 0 N–H and O–H groups in total. The summed E-state index contributed by atoms with van der Waals surface area (Å²) in [5.41, 5.74) is 1.92. The molecule has 3 unspecified atom stereocenters. The number of methoxy groups -OCH3 is 1. The lowest BCUT2D eigenvalue weighted by Gasteiger charge is -2.45. The smallest absolute Gasteiger partial charge is 0.425 e. The molecule has 0 aromatic heterocycles. The van der Waals surface area contributed by atoms with Crippen molar-refractivity contribution in [3.63, 3.8) is 0 Å². The third-order valence-corrected chi connectivity index (χ3v) is 6.31. The van der Waals surface area contributed by atoms with E-state index in [1.165, 1.54) is 7.11 Å². The Labute approximate surface area is 178 Å². The minimum absolute atomic E-state index is 0.120. The number of nitrogens with zero attached hydrogens (tertiary/aromatic N) is 1. The molecule has 0 saturated carbocycles. The van der Waals surface area contributed by atoms with E-state index in [9.17, 15) is 13.2 Å². The SMILES string of the molecule is COc1cc2c(c(Br)c1OC(C)C(F)(F)F)CCN1CC(OC(C)(C)C)CCC21. The van der Waals surface area contributed by atoms with Crippen molar-refractivity contribution < 1.29 is 27.4 Å². The molecule has 4 nitrogen and oxygen atoms in total. The molecule has 2 aliphatic heterocycles. The monoisotopic (exact) mass is 479 g/mol. The maximum absolute atomic E-state index is 13.0. The van der Waals surface area contributed by atoms with Gasteiger partial charge < -0.3 is 14.2 Å². The van der Waals surface area contributed by atoms with Crippen molar-refractivity contribution in [1.29, 1.82) is 0 Å². The number of ether oxygens (including phenoxy) is 3. The van der Waals surface area contributed by atoms with Gasteiger partial charge in [0.05, 0.1) is 23.3 Å². The highest BCUT2D eigenvalue weighted by atomic mass is 79.9. The van der Waals surface area contributed by atoms with Gasteiger partial charge >= 0.3 is 6.18 Å². The van der Waals surface area contributed by atoms with Gasteiger partial charge in [-0.2, -0.15) is 13.2 Å². The molecular weight excluding hydrogens is 451 g/mol. The van der Waals surface area contributed by atoms with Gasteiger partial charge in [0.15, 0.2) is 17.6 Å². The molecule has 1 aromatic carbocycles. The van der Waals surface area contributed by atoms with Crippen LogP contribution in [0.15, 0.2) is 10.5 Å². The molecule has 0 amide bonds. The maximum atomic E-state index is 13.0. The van der Waals surface area contributed by atoms with Gasteiger partial charge in [-0.3, -0.25) is 4.90 Å². The van der Waals surface area contributed by atoms with E-state index in [-0.39, 0.29) is 23.5 Å². The lowest BCUT2D eigenvalue weighted by atomic mass is 9.85. The molecule has 1 aromatic rings. The molecule has 29 heavy (non-hydrogen) atoms. The number of fused-ring (bicyclic) bond motifs is 3. The van der Waals surface area contributed by atoms with E-state index in [1.807, 2.05) is 6.07 Å². The van der Waals surface area contributed by atoms with Gasteiger partial charge in [0.2, 0.25) is 0 Å². The minimum atomic E-state index is -4.44. The van der Waals surface area contributed by atoms with E-state index in [0.717, 1.165) is 50.4 Å². The van der Waals surface area contributed by atoms with Gasteiger partial charge in [-0.1, -0.05) is 0 Å². The summed E-state index contributed by atoms with van der Waals surface area (Å²) in [7, 11) is 1.45. The fourth-order valence-corrected chi connectivity index (χ4v) is 4.90. The van der Waals surface area contributed by atoms with Gasteiger partial charge in [0, 0.05) is 19.1 Å². The second kappa shape index (κ2) is 8.27. The number of alkyl halides is 3. The first-order chi connectivity index (χ1) is 13.4. The Morgan fingerprint density at radius 3 is 2.48 bits per heavy atom. The third-order valence-electron chi connectivity index (χ3n) is 5.47. The predicted molar refractivity (Wildman–Crippen MR) is 109 cm³/mol. The van der Waals surface area contributed by atoms with E-state index < -0.39 is 12.3 Å². The molecule has 0 bridgehead atoms. The van der Waals surface area contributed by atoms with Crippen LogP contribution in [0.1, 0.15) is 57.7 Å². The average molecular weight is 480 g/mol. The largest absolute Gasteiger partial charge is 0.493 e.